The van der Waals surface area contributed by atoms with Crippen LogP contribution in [0.1, 0.15) is 11.3 Å². The third-order valence-electron chi connectivity index (χ3n) is 4.63. The number of carbonyl (C=O) groups is 1. The fraction of sp³-hybridized carbons (Fsp3) is 0.0952. The lowest BCUT2D eigenvalue weighted by atomic mass is 10.2. The molecule has 11 heteroatoms. The molecule has 160 valence electrons. The van der Waals surface area contributed by atoms with Gasteiger partial charge in [0, 0.05) is 17.7 Å². The van der Waals surface area contributed by atoms with Gasteiger partial charge in [-0.15, -0.1) is 0 Å². The lowest BCUT2D eigenvalue weighted by Gasteiger charge is -2.05. The Morgan fingerprint density at radius 2 is 2.00 bits per heavy atom. The van der Waals surface area contributed by atoms with Crippen LogP contribution in [0.25, 0.3) is 16.7 Å². The smallest absolute Gasteiger partial charge is 0.270 e. The van der Waals surface area contributed by atoms with E-state index in [1.807, 2.05) is 30.3 Å². The number of carbonyl (C=O) groups excluding carboxylic acids is 1. The first-order chi connectivity index (χ1) is 15.4. The van der Waals surface area contributed by atoms with Gasteiger partial charge >= 0.3 is 0 Å². The molecule has 2 aromatic carbocycles. The van der Waals surface area contributed by atoms with Gasteiger partial charge in [0.25, 0.3) is 17.2 Å². The van der Waals surface area contributed by atoms with Crippen molar-refractivity contribution < 1.29 is 9.72 Å². The van der Waals surface area contributed by atoms with Crippen LogP contribution >= 0.6 is 0 Å². The highest BCUT2D eigenvalue weighted by Gasteiger charge is 2.16. The Kier molecular flexibility index (Phi) is 5.53. The Hall–Kier alpha value is -4.67. The summed E-state index contributed by atoms with van der Waals surface area (Å²) in [7, 11) is 0. The zero-order valence-corrected chi connectivity index (χ0v) is 16.9. The molecule has 0 bridgehead atoms. The quantitative estimate of drug-likeness (QED) is 0.281. The molecule has 2 aromatic heterocycles. The predicted octanol–water partition coefficient (Wildman–Crippen LogP) is 1.95. The highest BCUT2D eigenvalue weighted by Crippen LogP contribution is 2.16. The van der Waals surface area contributed by atoms with Crippen LogP contribution in [-0.4, -0.2) is 36.4 Å². The Morgan fingerprint density at radius 3 is 2.75 bits per heavy atom. The second kappa shape index (κ2) is 8.60. The molecule has 0 unspecified atom stereocenters. The molecule has 0 spiro atoms. The fourth-order valence-corrected chi connectivity index (χ4v) is 3.15. The van der Waals surface area contributed by atoms with Crippen LogP contribution in [0, 0.1) is 17.0 Å². The maximum Gasteiger partial charge on any atom is 0.270 e. The molecule has 4 aromatic rings. The van der Waals surface area contributed by atoms with Crippen LogP contribution < -0.4 is 11.0 Å². The van der Waals surface area contributed by atoms with Crippen molar-refractivity contribution in [2.24, 2.45) is 5.10 Å². The zero-order chi connectivity index (χ0) is 22.7. The Morgan fingerprint density at radius 1 is 1.22 bits per heavy atom. The van der Waals surface area contributed by atoms with E-state index in [9.17, 15) is 19.7 Å². The number of aromatic nitrogens is 4. The average molecular weight is 431 g/mol. The van der Waals surface area contributed by atoms with E-state index in [-0.39, 0.29) is 12.2 Å². The topological polar surface area (TPSA) is 137 Å². The van der Waals surface area contributed by atoms with E-state index < -0.39 is 16.4 Å². The summed E-state index contributed by atoms with van der Waals surface area (Å²) in [6.45, 7) is 1.41. The first-order valence-corrected chi connectivity index (χ1v) is 9.50. The van der Waals surface area contributed by atoms with E-state index in [1.165, 1.54) is 35.3 Å². The summed E-state index contributed by atoms with van der Waals surface area (Å²) in [6, 6.07) is 15.1. The number of para-hydroxylation sites is 1. The summed E-state index contributed by atoms with van der Waals surface area (Å²) in [5.41, 5.74) is 3.94. The highest BCUT2D eigenvalue weighted by molar-refractivity contribution is 5.83. The summed E-state index contributed by atoms with van der Waals surface area (Å²) < 4.78 is 2.75. The SMILES string of the molecule is Cc1nn(-c2ccccc2)c2ncn(CC(=O)N/N=C/c3cccc([N+](=O)[O-])c3)c(=O)c12. The summed E-state index contributed by atoms with van der Waals surface area (Å²) in [4.78, 5) is 39.8. The number of hydrazone groups is 1. The second-order valence-electron chi connectivity index (χ2n) is 6.85. The number of rotatable bonds is 6. The molecule has 0 aliphatic heterocycles. The van der Waals surface area contributed by atoms with Crippen molar-refractivity contribution in [3.63, 3.8) is 0 Å². The summed E-state index contributed by atoms with van der Waals surface area (Å²) in [5.74, 6) is -0.553. The number of nitro benzene ring substituents is 1. The molecule has 11 nitrogen and oxygen atoms in total. The van der Waals surface area contributed by atoms with E-state index in [4.69, 9.17) is 0 Å². The van der Waals surface area contributed by atoms with E-state index in [0.29, 0.717) is 22.3 Å². The van der Waals surface area contributed by atoms with Gasteiger partial charge in [0.1, 0.15) is 18.3 Å². The molecule has 0 aliphatic rings. The normalized spacial score (nSPS) is 11.2. The number of fused-ring (bicyclic) bond motifs is 1. The van der Waals surface area contributed by atoms with Crippen LogP contribution in [-0.2, 0) is 11.3 Å². The van der Waals surface area contributed by atoms with Crippen LogP contribution in [0.2, 0.25) is 0 Å². The first-order valence-electron chi connectivity index (χ1n) is 9.50. The monoisotopic (exact) mass is 431 g/mol. The fourth-order valence-electron chi connectivity index (χ4n) is 3.15. The van der Waals surface area contributed by atoms with E-state index >= 15 is 0 Å². The molecule has 0 radical (unpaired) electrons. The third kappa shape index (κ3) is 4.12. The number of amides is 1. The molecule has 32 heavy (non-hydrogen) atoms. The van der Waals surface area contributed by atoms with Crippen molar-refractivity contribution >= 4 is 28.8 Å². The molecular weight excluding hydrogens is 414 g/mol. The molecule has 0 saturated carbocycles. The van der Waals surface area contributed by atoms with Crippen LogP contribution in [0.4, 0.5) is 5.69 Å². The maximum atomic E-state index is 12.9. The molecule has 0 atom stereocenters. The standard InChI is InChI=1S/C21H17N7O4/c1-14-19-20(27(25-14)16-7-3-2-4-8-16)22-13-26(21(19)30)12-18(29)24-23-11-15-6-5-9-17(10-15)28(31)32/h2-11,13H,12H2,1H3,(H,24,29)/b23-11+. The number of nitrogens with zero attached hydrogens (tertiary/aromatic N) is 6. The van der Waals surface area contributed by atoms with Crippen molar-refractivity contribution in [2.75, 3.05) is 0 Å². The average Bonchev–Trinajstić information content (AvgIpc) is 3.13. The molecule has 1 N–H and O–H groups in total. The number of benzene rings is 2. The van der Waals surface area contributed by atoms with Gasteiger partial charge in [-0.1, -0.05) is 30.3 Å². The van der Waals surface area contributed by atoms with Crippen LogP contribution in [0.5, 0.6) is 0 Å². The number of hydrogen-bond donors (Lipinski definition) is 1. The van der Waals surface area contributed by atoms with Gasteiger partial charge in [-0.25, -0.2) is 15.1 Å². The zero-order valence-electron chi connectivity index (χ0n) is 16.9. The highest BCUT2D eigenvalue weighted by atomic mass is 16.6. The molecule has 4 rings (SSSR count). The maximum absolute atomic E-state index is 12.9. The minimum absolute atomic E-state index is 0.0855. The number of hydrogen-bond acceptors (Lipinski definition) is 7. The van der Waals surface area contributed by atoms with E-state index in [2.05, 4.69) is 20.6 Å². The van der Waals surface area contributed by atoms with Crippen molar-refractivity contribution in [1.29, 1.82) is 0 Å². The van der Waals surface area contributed by atoms with E-state index in [1.54, 1.807) is 17.7 Å². The van der Waals surface area contributed by atoms with Crippen LogP contribution in [0.15, 0.2) is 70.8 Å². The lowest BCUT2D eigenvalue weighted by molar-refractivity contribution is -0.384. The van der Waals surface area contributed by atoms with Gasteiger partial charge < -0.3 is 0 Å². The second-order valence-corrected chi connectivity index (χ2v) is 6.85. The minimum atomic E-state index is -0.553. The summed E-state index contributed by atoms with van der Waals surface area (Å²) in [5, 5.41) is 19.3. The number of nitrogens with one attached hydrogen (secondary N) is 1. The molecule has 0 fully saturated rings. The van der Waals surface area contributed by atoms with Crippen molar-refractivity contribution in [1.82, 2.24) is 24.8 Å². The van der Waals surface area contributed by atoms with Gasteiger partial charge in [-0.05, 0) is 19.1 Å². The molecule has 0 aliphatic carbocycles. The van der Waals surface area contributed by atoms with Gasteiger partial charge in [0.2, 0.25) is 0 Å². The van der Waals surface area contributed by atoms with Crippen molar-refractivity contribution in [2.45, 2.75) is 13.5 Å². The van der Waals surface area contributed by atoms with Gasteiger partial charge in [-0.3, -0.25) is 24.3 Å². The predicted molar refractivity (Wildman–Crippen MR) is 117 cm³/mol. The van der Waals surface area contributed by atoms with Crippen molar-refractivity contribution in [3.05, 3.63) is 92.7 Å². The van der Waals surface area contributed by atoms with Gasteiger partial charge in [0.05, 0.1) is 22.5 Å². The molecule has 0 saturated heterocycles. The third-order valence-corrected chi connectivity index (χ3v) is 4.63. The van der Waals surface area contributed by atoms with Crippen molar-refractivity contribution in [3.8, 4) is 5.69 Å². The number of non-ortho nitro benzene ring substituents is 1. The Bertz CT molecular complexity index is 1410. The molecule has 2 heterocycles. The number of nitro groups is 1. The number of aryl methyl sites for hydroxylation is 1. The minimum Gasteiger partial charge on any atom is -0.289 e. The largest absolute Gasteiger partial charge is 0.289 e. The van der Waals surface area contributed by atoms with Crippen LogP contribution in [0.3, 0.4) is 0 Å². The summed E-state index contributed by atoms with van der Waals surface area (Å²) >= 11 is 0. The van der Waals surface area contributed by atoms with Gasteiger partial charge in [0.15, 0.2) is 5.65 Å². The van der Waals surface area contributed by atoms with E-state index in [0.717, 1.165) is 5.69 Å². The Labute approximate surface area is 180 Å². The summed E-state index contributed by atoms with van der Waals surface area (Å²) in [6.07, 6.45) is 2.57. The van der Waals surface area contributed by atoms with Gasteiger partial charge in [-0.2, -0.15) is 10.2 Å². The lowest BCUT2D eigenvalue weighted by Crippen LogP contribution is -2.30. The molecular formula is C21H17N7O4. The Balaban J connectivity index is 1.52. The first kappa shape index (κ1) is 20.6. The molecule has 1 amide bonds.